The van der Waals surface area contributed by atoms with Gasteiger partial charge in [0.05, 0.1) is 4.92 Å². The molecule has 1 fully saturated rings. The molecular weight excluding hydrogens is 256 g/mol. The third-order valence-electron chi connectivity index (χ3n) is 3.24. The molecule has 1 atom stereocenters. The summed E-state index contributed by atoms with van der Waals surface area (Å²) in [4.78, 5) is 10.1. The minimum absolute atomic E-state index is 0.260. The smallest absolute Gasteiger partial charge is 0.295 e. The van der Waals surface area contributed by atoms with Gasteiger partial charge in [0, 0.05) is 12.6 Å². The Hall–Kier alpha value is -1.76. The van der Waals surface area contributed by atoms with Gasteiger partial charge in [0.1, 0.15) is 0 Å². The normalized spacial score (nSPS) is 19.2. The van der Waals surface area contributed by atoms with Crippen molar-refractivity contribution in [2.75, 3.05) is 25.0 Å². The van der Waals surface area contributed by atoms with Crippen LogP contribution in [-0.2, 0) is 0 Å². The first-order valence-corrected chi connectivity index (χ1v) is 6.16. The zero-order valence-corrected chi connectivity index (χ0v) is 10.3. The van der Waals surface area contributed by atoms with Crippen molar-refractivity contribution in [2.24, 2.45) is 5.92 Å². The number of hydrogen-bond acceptors (Lipinski definition) is 4. The lowest BCUT2D eigenvalue weighted by molar-refractivity contribution is -0.384. The van der Waals surface area contributed by atoms with Crippen molar-refractivity contribution in [2.45, 2.75) is 12.8 Å². The molecule has 19 heavy (non-hydrogen) atoms. The molecule has 1 aliphatic heterocycles. The third kappa shape index (κ3) is 3.17. The molecule has 0 spiro atoms. The van der Waals surface area contributed by atoms with E-state index in [1.54, 1.807) is 0 Å². The molecule has 0 aromatic heterocycles. The summed E-state index contributed by atoms with van der Waals surface area (Å²) in [6, 6.07) is 1.74. The fourth-order valence-corrected chi connectivity index (χ4v) is 2.21. The summed E-state index contributed by atoms with van der Waals surface area (Å²) in [5.41, 5.74) is -0.807. The topological polar surface area (TPSA) is 67.2 Å². The van der Waals surface area contributed by atoms with Gasteiger partial charge in [-0.3, -0.25) is 10.1 Å². The van der Waals surface area contributed by atoms with Gasteiger partial charge < -0.3 is 10.6 Å². The monoisotopic (exact) mass is 271 g/mol. The predicted molar refractivity (Wildman–Crippen MR) is 67.1 cm³/mol. The number of hydrogen-bond donors (Lipinski definition) is 2. The van der Waals surface area contributed by atoms with E-state index in [0.717, 1.165) is 38.1 Å². The molecule has 0 amide bonds. The molecule has 1 aliphatic rings. The van der Waals surface area contributed by atoms with E-state index in [-0.39, 0.29) is 11.6 Å². The standard InChI is InChI=1S/C12H15F2N3O2/c13-9-3-4-10(17(18)19)12(11(9)14)16-7-8-2-1-5-15-6-8/h3-4,8,15-16H,1-2,5-7H2. The quantitative estimate of drug-likeness (QED) is 0.651. The number of nitrogens with one attached hydrogen (secondary N) is 2. The van der Waals surface area contributed by atoms with E-state index in [0.29, 0.717) is 6.54 Å². The molecule has 0 bridgehead atoms. The molecule has 1 heterocycles. The van der Waals surface area contributed by atoms with E-state index in [4.69, 9.17) is 0 Å². The van der Waals surface area contributed by atoms with Gasteiger partial charge in [-0.1, -0.05) is 0 Å². The number of nitrogens with zero attached hydrogens (tertiary/aromatic N) is 1. The Balaban J connectivity index is 2.13. The number of piperidine rings is 1. The molecule has 1 saturated heterocycles. The number of anilines is 1. The van der Waals surface area contributed by atoms with E-state index in [9.17, 15) is 18.9 Å². The average Bonchev–Trinajstić information content (AvgIpc) is 2.41. The van der Waals surface area contributed by atoms with Crippen molar-refractivity contribution in [3.05, 3.63) is 33.9 Å². The van der Waals surface area contributed by atoms with E-state index < -0.39 is 22.2 Å². The molecule has 2 rings (SSSR count). The Kier molecular flexibility index (Phi) is 4.26. The van der Waals surface area contributed by atoms with Crippen molar-refractivity contribution >= 4 is 11.4 Å². The Labute approximate surface area is 109 Å². The molecule has 1 unspecified atom stereocenters. The highest BCUT2D eigenvalue weighted by molar-refractivity contribution is 5.62. The van der Waals surface area contributed by atoms with E-state index in [1.807, 2.05) is 0 Å². The van der Waals surface area contributed by atoms with E-state index in [2.05, 4.69) is 10.6 Å². The molecule has 2 N–H and O–H groups in total. The number of nitro groups is 1. The van der Waals surface area contributed by atoms with Crippen molar-refractivity contribution in [3.63, 3.8) is 0 Å². The van der Waals surface area contributed by atoms with Crippen LogP contribution in [0.5, 0.6) is 0 Å². The van der Waals surface area contributed by atoms with Crippen molar-refractivity contribution in [3.8, 4) is 0 Å². The second kappa shape index (κ2) is 5.92. The Morgan fingerprint density at radius 2 is 2.26 bits per heavy atom. The van der Waals surface area contributed by atoms with Crippen LogP contribution in [0.25, 0.3) is 0 Å². The van der Waals surface area contributed by atoms with Gasteiger partial charge >= 0.3 is 0 Å². The first-order chi connectivity index (χ1) is 9.09. The highest BCUT2D eigenvalue weighted by atomic mass is 19.2. The van der Waals surface area contributed by atoms with Gasteiger partial charge in [-0.05, 0) is 37.9 Å². The van der Waals surface area contributed by atoms with Gasteiger partial charge in [-0.25, -0.2) is 8.78 Å². The van der Waals surface area contributed by atoms with Crippen LogP contribution in [0.3, 0.4) is 0 Å². The first-order valence-electron chi connectivity index (χ1n) is 6.16. The molecule has 0 radical (unpaired) electrons. The first kappa shape index (κ1) is 13.7. The van der Waals surface area contributed by atoms with Crippen molar-refractivity contribution in [1.82, 2.24) is 5.32 Å². The average molecular weight is 271 g/mol. The molecule has 0 saturated carbocycles. The maximum Gasteiger partial charge on any atom is 0.295 e. The molecule has 0 aliphatic carbocycles. The van der Waals surface area contributed by atoms with Crippen molar-refractivity contribution in [1.29, 1.82) is 0 Å². The van der Waals surface area contributed by atoms with Crippen molar-refractivity contribution < 1.29 is 13.7 Å². The summed E-state index contributed by atoms with van der Waals surface area (Å²) in [6.45, 7) is 2.11. The summed E-state index contributed by atoms with van der Waals surface area (Å²) < 4.78 is 26.8. The highest BCUT2D eigenvalue weighted by Crippen LogP contribution is 2.29. The van der Waals surface area contributed by atoms with Crippen LogP contribution in [0.15, 0.2) is 12.1 Å². The number of benzene rings is 1. The lowest BCUT2D eigenvalue weighted by atomic mass is 9.99. The zero-order chi connectivity index (χ0) is 13.8. The van der Waals surface area contributed by atoms with Crippen LogP contribution in [0, 0.1) is 27.7 Å². The molecule has 104 valence electrons. The Bertz CT molecular complexity index is 476. The summed E-state index contributed by atoms with van der Waals surface area (Å²) in [6.07, 6.45) is 1.98. The Morgan fingerprint density at radius 1 is 1.47 bits per heavy atom. The molecule has 7 heteroatoms. The van der Waals surface area contributed by atoms with Gasteiger partial charge in [-0.15, -0.1) is 0 Å². The molecule has 1 aromatic rings. The maximum atomic E-state index is 13.6. The Morgan fingerprint density at radius 3 is 2.89 bits per heavy atom. The van der Waals surface area contributed by atoms with Crippen LogP contribution < -0.4 is 10.6 Å². The fourth-order valence-electron chi connectivity index (χ4n) is 2.21. The summed E-state index contributed by atoms with van der Waals surface area (Å²) in [5, 5.41) is 16.7. The summed E-state index contributed by atoms with van der Waals surface area (Å²) in [7, 11) is 0. The van der Waals surface area contributed by atoms with Gasteiger partial charge in [-0.2, -0.15) is 0 Å². The predicted octanol–water partition coefficient (Wildman–Crippen LogP) is 2.28. The van der Waals surface area contributed by atoms with Crippen LogP contribution in [0.2, 0.25) is 0 Å². The zero-order valence-electron chi connectivity index (χ0n) is 10.3. The highest BCUT2D eigenvalue weighted by Gasteiger charge is 2.22. The van der Waals surface area contributed by atoms with E-state index in [1.165, 1.54) is 0 Å². The fraction of sp³-hybridized carbons (Fsp3) is 0.500. The largest absolute Gasteiger partial charge is 0.377 e. The minimum atomic E-state index is -1.20. The lowest BCUT2D eigenvalue weighted by Crippen LogP contribution is -2.33. The number of halogens is 2. The van der Waals surface area contributed by atoms with Gasteiger partial charge in [0.25, 0.3) is 5.69 Å². The van der Waals surface area contributed by atoms with Crippen LogP contribution >= 0.6 is 0 Å². The molecule has 1 aromatic carbocycles. The number of rotatable bonds is 4. The SMILES string of the molecule is O=[N+]([O-])c1ccc(F)c(F)c1NCC1CCCNC1. The van der Waals surface area contributed by atoms with E-state index >= 15 is 0 Å². The summed E-state index contributed by atoms with van der Waals surface area (Å²) >= 11 is 0. The molecular formula is C12H15F2N3O2. The second-order valence-corrected chi connectivity index (χ2v) is 4.61. The van der Waals surface area contributed by atoms with Gasteiger partial charge in [0.2, 0.25) is 0 Å². The lowest BCUT2D eigenvalue weighted by Gasteiger charge is -2.23. The molecule has 5 nitrogen and oxygen atoms in total. The van der Waals surface area contributed by atoms with Crippen LogP contribution in [0.4, 0.5) is 20.2 Å². The minimum Gasteiger partial charge on any atom is -0.377 e. The third-order valence-corrected chi connectivity index (χ3v) is 3.24. The van der Waals surface area contributed by atoms with Gasteiger partial charge in [0.15, 0.2) is 17.3 Å². The maximum absolute atomic E-state index is 13.6. The second-order valence-electron chi connectivity index (χ2n) is 4.61. The van der Waals surface area contributed by atoms with Crippen LogP contribution in [-0.4, -0.2) is 24.6 Å². The number of nitro benzene ring substituents is 1. The van der Waals surface area contributed by atoms with Crippen LogP contribution in [0.1, 0.15) is 12.8 Å². The summed E-state index contributed by atoms with van der Waals surface area (Å²) in [5.74, 6) is -2.02.